The number of carbonyl (C=O) groups excluding carboxylic acids is 1. The summed E-state index contributed by atoms with van der Waals surface area (Å²) in [5.41, 5.74) is 1.48. The van der Waals surface area contributed by atoms with Crippen LogP contribution in [0.4, 0.5) is 5.69 Å². The Kier molecular flexibility index (Phi) is 7.55. The molecule has 2 rings (SSSR count). The van der Waals surface area contributed by atoms with Gasteiger partial charge in [-0.2, -0.15) is 0 Å². The molecule has 0 aliphatic carbocycles. The number of aryl methyl sites for hydroxylation is 1. The SMILES string of the molecule is CSc1ccc(S(=O)(=O)N(CC(=O)NC(C)C(C)C)c2ccc(C)cc2)cc1. The molecular weight excluding hydrogens is 392 g/mol. The summed E-state index contributed by atoms with van der Waals surface area (Å²) < 4.78 is 27.8. The van der Waals surface area contributed by atoms with Crippen LogP contribution >= 0.6 is 11.8 Å². The predicted molar refractivity (Wildman–Crippen MR) is 116 cm³/mol. The number of sulfonamides is 1. The maximum atomic E-state index is 13.3. The zero-order valence-electron chi connectivity index (χ0n) is 17.0. The van der Waals surface area contributed by atoms with E-state index >= 15 is 0 Å². The molecule has 1 atom stereocenters. The Balaban J connectivity index is 2.39. The van der Waals surface area contributed by atoms with Gasteiger partial charge in [0.05, 0.1) is 10.6 Å². The molecule has 0 aliphatic rings. The van der Waals surface area contributed by atoms with Crippen molar-refractivity contribution >= 4 is 33.4 Å². The van der Waals surface area contributed by atoms with Gasteiger partial charge in [-0.15, -0.1) is 11.8 Å². The highest BCUT2D eigenvalue weighted by atomic mass is 32.2. The zero-order valence-corrected chi connectivity index (χ0v) is 18.6. The summed E-state index contributed by atoms with van der Waals surface area (Å²) in [4.78, 5) is 13.7. The molecule has 152 valence electrons. The Morgan fingerprint density at radius 1 is 1.04 bits per heavy atom. The molecule has 28 heavy (non-hydrogen) atoms. The average Bonchev–Trinajstić information content (AvgIpc) is 2.66. The molecule has 0 saturated heterocycles. The summed E-state index contributed by atoms with van der Waals surface area (Å²) in [5, 5.41) is 2.88. The summed E-state index contributed by atoms with van der Waals surface area (Å²) in [5.74, 6) is -0.0708. The Bertz CT molecular complexity index is 892. The lowest BCUT2D eigenvalue weighted by atomic mass is 10.1. The maximum absolute atomic E-state index is 13.3. The van der Waals surface area contributed by atoms with Crippen molar-refractivity contribution in [3.63, 3.8) is 0 Å². The molecule has 5 nitrogen and oxygen atoms in total. The maximum Gasteiger partial charge on any atom is 0.264 e. The van der Waals surface area contributed by atoms with Gasteiger partial charge in [0.25, 0.3) is 10.0 Å². The Morgan fingerprint density at radius 2 is 1.61 bits per heavy atom. The Hall–Kier alpha value is -1.99. The van der Waals surface area contributed by atoms with E-state index in [-0.39, 0.29) is 29.3 Å². The summed E-state index contributed by atoms with van der Waals surface area (Å²) >= 11 is 1.54. The highest BCUT2D eigenvalue weighted by molar-refractivity contribution is 7.98. The quantitative estimate of drug-likeness (QED) is 0.654. The van der Waals surface area contributed by atoms with Crippen molar-refractivity contribution in [1.29, 1.82) is 0 Å². The Morgan fingerprint density at radius 3 is 2.11 bits per heavy atom. The van der Waals surface area contributed by atoms with Gasteiger partial charge in [-0.25, -0.2) is 8.42 Å². The second-order valence-corrected chi connectivity index (χ2v) is 9.86. The molecule has 0 radical (unpaired) electrons. The lowest BCUT2D eigenvalue weighted by Crippen LogP contribution is -2.45. The van der Waals surface area contributed by atoms with E-state index in [0.29, 0.717) is 5.69 Å². The molecule has 0 aromatic heterocycles. The largest absolute Gasteiger partial charge is 0.352 e. The van der Waals surface area contributed by atoms with E-state index in [0.717, 1.165) is 10.5 Å². The minimum Gasteiger partial charge on any atom is -0.352 e. The van der Waals surface area contributed by atoms with Gasteiger partial charge in [0.15, 0.2) is 0 Å². The highest BCUT2D eigenvalue weighted by Crippen LogP contribution is 2.25. The summed E-state index contributed by atoms with van der Waals surface area (Å²) in [6, 6.07) is 13.8. The molecule has 1 amide bonds. The van der Waals surface area contributed by atoms with Crippen LogP contribution in [0.2, 0.25) is 0 Å². The number of amides is 1. The van der Waals surface area contributed by atoms with E-state index < -0.39 is 10.0 Å². The lowest BCUT2D eigenvalue weighted by molar-refractivity contribution is -0.120. The number of nitrogens with one attached hydrogen (secondary N) is 1. The smallest absolute Gasteiger partial charge is 0.264 e. The molecule has 0 spiro atoms. The highest BCUT2D eigenvalue weighted by Gasteiger charge is 2.27. The molecule has 1 N–H and O–H groups in total. The fourth-order valence-corrected chi connectivity index (χ4v) is 4.33. The van der Waals surface area contributed by atoms with Crippen LogP contribution in [-0.2, 0) is 14.8 Å². The number of nitrogens with zero attached hydrogens (tertiary/aromatic N) is 1. The van der Waals surface area contributed by atoms with Crippen LogP contribution < -0.4 is 9.62 Å². The number of hydrogen-bond donors (Lipinski definition) is 1. The van der Waals surface area contributed by atoms with Crippen molar-refractivity contribution in [2.45, 2.75) is 43.5 Å². The molecule has 0 saturated carbocycles. The first-order valence-corrected chi connectivity index (χ1v) is 11.8. The third kappa shape index (κ3) is 5.52. The number of rotatable bonds is 8. The zero-order chi connectivity index (χ0) is 20.9. The van der Waals surface area contributed by atoms with Crippen LogP contribution in [0.5, 0.6) is 0 Å². The molecule has 0 fully saturated rings. The van der Waals surface area contributed by atoms with E-state index in [2.05, 4.69) is 5.32 Å². The van der Waals surface area contributed by atoms with Crippen molar-refractivity contribution in [2.75, 3.05) is 17.1 Å². The number of thioether (sulfide) groups is 1. The minimum absolute atomic E-state index is 0.0454. The Labute approximate surface area is 172 Å². The molecule has 7 heteroatoms. The number of anilines is 1. The second-order valence-electron chi connectivity index (χ2n) is 7.12. The standard InChI is InChI=1S/C21H28N2O3S2/c1-15(2)17(4)22-21(24)14-23(18-8-6-16(3)7-9-18)28(25,26)20-12-10-19(27-5)11-13-20/h6-13,15,17H,14H2,1-5H3,(H,22,24). The molecule has 1 unspecified atom stereocenters. The van der Waals surface area contributed by atoms with E-state index in [1.807, 2.05) is 46.1 Å². The van der Waals surface area contributed by atoms with Gasteiger partial charge in [-0.1, -0.05) is 31.5 Å². The first-order valence-electron chi connectivity index (χ1n) is 9.18. The van der Waals surface area contributed by atoms with Crippen molar-refractivity contribution in [2.24, 2.45) is 5.92 Å². The van der Waals surface area contributed by atoms with Gasteiger partial charge in [0, 0.05) is 10.9 Å². The van der Waals surface area contributed by atoms with Crippen molar-refractivity contribution < 1.29 is 13.2 Å². The number of carbonyl (C=O) groups is 1. The average molecular weight is 421 g/mol. The third-order valence-corrected chi connectivity index (χ3v) is 7.18. The van der Waals surface area contributed by atoms with Crippen molar-refractivity contribution in [1.82, 2.24) is 5.32 Å². The van der Waals surface area contributed by atoms with Crippen LogP contribution in [-0.4, -0.2) is 33.2 Å². The summed E-state index contributed by atoms with van der Waals surface area (Å²) in [6.07, 6.45) is 1.93. The molecule has 0 aliphatic heterocycles. The second kappa shape index (κ2) is 9.47. The van der Waals surface area contributed by atoms with Gasteiger partial charge in [-0.3, -0.25) is 9.10 Å². The van der Waals surface area contributed by atoms with Crippen LogP contribution in [0.25, 0.3) is 0 Å². The van der Waals surface area contributed by atoms with Gasteiger partial charge in [0.1, 0.15) is 6.54 Å². The van der Waals surface area contributed by atoms with Crippen LogP contribution in [0.1, 0.15) is 26.3 Å². The number of benzene rings is 2. The number of hydrogen-bond acceptors (Lipinski definition) is 4. The van der Waals surface area contributed by atoms with Gasteiger partial charge in [-0.05, 0) is 62.4 Å². The molecule has 0 heterocycles. The van der Waals surface area contributed by atoms with Crippen LogP contribution in [0.3, 0.4) is 0 Å². The molecule has 2 aromatic rings. The third-order valence-electron chi connectivity index (χ3n) is 4.65. The lowest BCUT2D eigenvalue weighted by Gasteiger charge is -2.26. The van der Waals surface area contributed by atoms with Gasteiger partial charge < -0.3 is 5.32 Å². The summed E-state index contributed by atoms with van der Waals surface area (Å²) in [7, 11) is -3.88. The van der Waals surface area contributed by atoms with E-state index in [9.17, 15) is 13.2 Å². The minimum atomic E-state index is -3.88. The van der Waals surface area contributed by atoms with E-state index in [4.69, 9.17) is 0 Å². The van der Waals surface area contributed by atoms with Crippen LogP contribution in [0.15, 0.2) is 58.3 Å². The first kappa shape index (κ1) is 22.3. The first-order chi connectivity index (χ1) is 13.1. The molecule has 2 aromatic carbocycles. The fraction of sp³-hybridized carbons (Fsp3) is 0.381. The van der Waals surface area contributed by atoms with E-state index in [1.165, 1.54) is 4.31 Å². The predicted octanol–water partition coefficient (Wildman–Crippen LogP) is 4.07. The van der Waals surface area contributed by atoms with Crippen molar-refractivity contribution in [3.05, 3.63) is 54.1 Å². The van der Waals surface area contributed by atoms with Gasteiger partial charge in [0.2, 0.25) is 5.91 Å². The van der Waals surface area contributed by atoms with Crippen molar-refractivity contribution in [3.8, 4) is 0 Å². The molecular formula is C21H28N2O3S2. The monoisotopic (exact) mass is 420 g/mol. The topological polar surface area (TPSA) is 66.5 Å². The summed E-state index contributed by atoms with van der Waals surface area (Å²) in [6.45, 7) is 7.58. The normalized spacial score (nSPS) is 12.6. The van der Waals surface area contributed by atoms with Crippen LogP contribution in [0, 0.1) is 12.8 Å². The van der Waals surface area contributed by atoms with Gasteiger partial charge >= 0.3 is 0 Å². The molecule has 0 bridgehead atoms. The van der Waals surface area contributed by atoms with E-state index in [1.54, 1.807) is 48.2 Å². The fourth-order valence-electron chi connectivity index (χ4n) is 2.50.